The molecule has 0 spiro atoms. The quantitative estimate of drug-likeness (QED) is 0.733. The number of halogens is 2. The highest BCUT2D eigenvalue weighted by atomic mass is 79.9. The minimum atomic E-state index is -0.821. The van der Waals surface area contributed by atoms with Crippen LogP contribution in [0.5, 0.6) is 0 Å². The van der Waals surface area contributed by atoms with Gasteiger partial charge in [0.15, 0.2) is 6.04 Å². The van der Waals surface area contributed by atoms with Crippen molar-refractivity contribution < 1.29 is 14.3 Å². The smallest absolute Gasteiger partial charge is 0.333 e. The molecule has 1 aliphatic rings. The molecule has 3 unspecified atom stereocenters. The normalized spacial score (nSPS) is 19.8. The van der Waals surface area contributed by atoms with Gasteiger partial charge in [0.1, 0.15) is 0 Å². The summed E-state index contributed by atoms with van der Waals surface area (Å²) in [5, 5.41) is 3.48. The van der Waals surface area contributed by atoms with Crippen molar-refractivity contribution in [3.63, 3.8) is 0 Å². The Kier molecular flexibility index (Phi) is 5.45. The lowest BCUT2D eigenvalue weighted by atomic mass is 10.1. The lowest BCUT2D eigenvalue weighted by molar-refractivity contribution is -0.145. The molecule has 1 amide bonds. The minimum absolute atomic E-state index is 0.0944. The Balaban J connectivity index is 1.72. The Hall–Kier alpha value is -1.85. The molecule has 0 saturated heterocycles. The number of esters is 1. The van der Waals surface area contributed by atoms with Gasteiger partial charge in [0.25, 0.3) is 0 Å². The Labute approximate surface area is 159 Å². The first-order chi connectivity index (χ1) is 12.0. The molecule has 0 aliphatic heterocycles. The summed E-state index contributed by atoms with van der Waals surface area (Å²) >= 11 is 9.57. The van der Waals surface area contributed by atoms with E-state index in [2.05, 4.69) is 21.2 Å². The van der Waals surface area contributed by atoms with Crippen LogP contribution >= 0.6 is 27.5 Å². The zero-order chi connectivity index (χ0) is 18.0. The summed E-state index contributed by atoms with van der Waals surface area (Å²) in [5.41, 5.74) is 1.65. The second-order valence-corrected chi connectivity index (χ2v) is 7.31. The molecule has 1 N–H and O–H groups in total. The van der Waals surface area contributed by atoms with Gasteiger partial charge in [-0.3, -0.25) is 4.79 Å². The van der Waals surface area contributed by atoms with Crippen LogP contribution in [-0.2, 0) is 14.3 Å². The van der Waals surface area contributed by atoms with Crippen molar-refractivity contribution in [2.75, 3.05) is 7.11 Å². The van der Waals surface area contributed by atoms with Crippen LogP contribution in [0.15, 0.2) is 53.0 Å². The fourth-order valence-corrected chi connectivity index (χ4v) is 3.45. The Bertz CT molecular complexity index is 794. The van der Waals surface area contributed by atoms with Crippen molar-refractivity contribution in [3.8, 4) is 0 Å². The van der Waals surface area contributed by atoms with Crippen LogP contribution in [-0.4, -0.2) is 19.0 Å². The van der Waals surface area contributed by atoms with E-state index in [1.165, 1.54) is 7.11 Å². The second kappa shape index (κ2) is 7.58. The average molecular weight is 423 g/mol. The standard InChI is InChI=1S/C19H17BrClNO3/c1-25-19(24)17(11-6-8-12(20)9-7-11)22-18(23)15-10-14(15)13-4-2-3-5-16(13)21/h2-9,14-15,17H,10H2,1H3,(H,22,23). The van der Waals surface area contributed by atoms with E-state index in [-0.39, 0.29) is 17.7 Å². The van der Waals surface area contributed by atoms with Crippen LogP contribution in [0.4, 0.5) is 0 Å². The molecule has 1 saturated carbocycles. The number of ether oxygens (including phenoxy) is 1. The van der Waals surface area contributed by atoms with E-state index in [9.17, 15) is 9.59 Å². The topological polar surface area (TPSA) is 55.4 Å². The van der Waals surface area contributed by atoms with Gasteiger partial charge < -0.3 is 10.1 Å². The van der Waals surface area contributed by atoms with Crippen LogP contribution in [0, 0.1) is 5.92 Å². The lowest BCUT2D eigenvalue weighted by Gasteiger charge is -2.17. The summed E-state index contributed by atoms with van der Waals surface area (Å²) in [6, 6.07) is 13.9. The van der Waals surface area contributed by atoms with Gasteiger partial charge in [-0.05, 0) is 41.7 Å². The molecule has 2 aromatic rings. The highest BCUT2D eigenvalue weighted by Crippen LogP contribution is 2.49. The lowest BCUT2D eigenvalue weighted by Crippen LogP contribution is -2.35. The number of carbonyl (C=O) groups is 2. The van der Waals surface area contributed by atoms with Crippen molar-refractivity contribution in [2.24, 2.45) is 5.92 Å². The third kappa shape index (κ3) is 4.05. The molecule has 130 valence electrons. The van der Waals surface area contributed by atoms with Gasteiger partial charge >= 0.3 is 5.97 Å². The molecule has 0 heterocycles. The first kappa shape index (κ1) is 18.0. The summed E-state index contributed by atoms with van der Waals surface area (Å²) in [7, 11) is 1.31. The highest BCUT2D eigenvalue weighted by molar-refractivity contribution is 9.10. The molecule has 0 bridgehead atoms. The number of carbonyl (C=O) groups excluding carboxylic acids is 2. The maximum Gasteiger partial charge on any atom is 0.333 e. The maximum absolute atomic E-state index is 12.6. The van der Waals surface area contributed by atoms with Gasteiger partial charge in [0.2, 0.25) is 5.91 Å². The van der Waals surface area contributed by atoms with Crippen LogP contribution in [0.25, 0.3) is 0 Å². The van der Waals surface area contributed by atoms with Crippen LogP contribution in [0.3, 0.4) is 0 Å². The van der Waals surface area contributed by atoms with Crippen molar-refractivity contribution in [3.05, 3.63) is 69.2 Å². The van der Waals surface area contributed by atoms with E-state index in [4.69, 9.17) is 16.3 Å². The third-order valence-electron chi connectivity index (χ3n) is 4.36. The van der Waals surface area contributed by atoms with Crippen molar-refractivity contribution >= 4 is 39.4 Å². The Morgan fingerprint density at radius 1 is 1.20 bits per heavy atom. The first-order valence-electron chi connectivity index (χ1n) is 7.89. The predicted molar refractivity (Wildman–Crippen MR) is 99.3 cm³/mol. The van der Waals surface area contributed by atoms with Gasteiger partial charge in [-0.25, -0.2) is 4.79 Å². The third-order valence-corrected chi connectivity index (χ3v) is 5.23. The summed E-state index contributed by atoms with van der Waals surface area (Å²) in [6.07, 6.45) is 0.726. The molecule has 0 aromatic heterocycles. The summed E-state index contributed by atoms with van der Waals surface area (Å²) in [6.45, 7) is 0. The molecular formula is C19H17BrClNO3. The number of rotatable bonds is 5. The average Bonchev–Trinajstić information content (AvgIpc) is 3.41. The molecule has 4 nitrogen and oxygen atoms in total. The van der Waals surface area contributed by atoms with Crippen molar-refractivity contribution in [1.29, 1.82) is 0 Å². The fraction of sp³-hybridized carbons (Fsp3) is 0.263. The summed E-state index contributed by atoms with van der Waals surface area (Å²) < 4.78 is 5.74. The van der Waals surface area contributed by atoms with E-state index in [0.717, 1.165) is 16.5 Å². The zero-order valence-corrected chi connectivity index (χ0v) is 15.9. The van der Waals surface area contributed by atoms with Crippen LogP contribution in [0.2, 0.25) is 5.02 Å². The van der Waals surface area contributed by atoms with Gasteiger partial charge in [-0.2, -0.15) is 0 Å². The van der Waals surface area contributed by atoms with E-state index in [0.29, 0.717) is 10.6 Å². The predicted octanol–water partition coefficient (Wildman–Crippen LogP) is 4.24. The number of hydrogen-bond donors (Lipinski definition) is 1. The monoisotopic (exact) mass is 421 g/mol. The molecule has 2 aromatic carbocycles. The SMILES string of the molecule is COC(=O)C(NC(=O)C1CC1c1ccccc1Cl)c1ccc(Br)cc1. The summed E-state index contributed by atoms with van der Waals surface area (Å²) in [4.78, 5) is 24.7. The molecule has 25 heavy (non-hydrogen) atoms. The fourth-order valence-electron chi connectivity index (χ4n) is 2.91. The zero-order valence-electron chi connectivity index (χ0n) is 13.5. The van der Waals surface area contributed by atoms with Gasteiger partial charge in [0, 0.05) is 15.4 Å². The Morgan fingerprint density at radius 2 is 1.88 bits per heavy atom. The first-order valence-corrected chi connectivity index (χ1v) is 9.06. The molecule has 1 fully saturated rings. The van der Waals surface area contributed by atoms with E-state index in [1.807, 2.05) is 36.4 Å². The molecule has 6 heteroatoms. The van der Waals surface area contributed by atoms with E-state index >= 15 is 0 Å². The molecule has 3 atom stereocenters. The number of methoxy groups -OCH3 is 1. The number of benzene rings is 2. The van der Waals surface area contributed by atoms with Gasteiger partial charge in [-0.1, -0.05) is 57.9 Å². The largest absolute Gasteiger partial charge is 0.467 e. The van der Waals surface area contributed by atoms with Crippen LogP contribution < -0.4 is 5.32 Å². The number of hydrogen-bond acceptors (Lipinski definition) is 3. The molecule has 1 aliphatic carbocycles. The summed E-state index contributed by atoms with van der Waals surface area (Å²) in [5.74, 6) is -0.742. The van der Waals surface area contributed by atoms with E-state index < -0.39 is 12.0 Å². The van der Waals surface area contributed by atoms with Crippen molar-refractivity contribution in [1.82, 2.24) is 5.32 Å². The van der Waals surface area contributed by atoms with Gasteiger partial charge in [-0.15, -0.1) is 0 Å². The van der Waals surface area contributed by atoms with Crippen LogP contribution in [0.1, 0.15) is 29.5 Å². The molecule has 0 radical (unpaired) electrons. The molecular weight excluding hydrogens is 406 g/mol. The van der Waals surface area contributed by atoms with Gasteiger partial charge in [0.05, 0.1) is 7.11 Å². The number of amides is 1. The highest BCUT2D eigenvalue weighted by Gasteiger charge is 2.45. The van der Waals surface area contributed by atoms with Crippen molar-refractivity contribution in [2.45, 2.75) is 18.4 Å². The number of nitrogens with one attached hydrogen (secondary N) is 1. The maximum atomic E-state index is 12.6. The minimum Gasteiger partial charge on any atom is -0.467 e. The Morgan fingerprint density at radius 3 is 2.52 bits per heavy atom. The molecule has 3 rings (SSSR count). The van der Waals surface area contributed by atoms with E-state index in [1.54, 1.807) is 12.1 Å². The second-order valence-electron chi connectivity index (χ2n) is 5.99.